The molecule has 0 unspecified atom stereocenters. The van der Waals surface area contributed by atoms with E-state index in [1.54, 1.807) is 48.5 Å². The number of anilines is 1. The molecule has 0 saturated heterocycles. The van der Waals surface area contributed by atoms with Gasteiger partial charge >= 0.3 is 0 Å². The number of ether oxygens (including phenoxy) is 1. The molecule has 8 nitrogen and oxygen atoms in total. The van der Waals surface area contributed by atoms with Gasteiger partial charge in [0.25, 0.3) is 0 Å². The van der Waals surface area contributed by atoms with Crippen LogP contribution in [0.2, 0.25) is 5.02 Å². The first-order chi connectivity index (χ1) is 19.5. The molecule has 0 radical (unpaired) electrons. The van der Waals surface area contributed by atoms with Gasteiger partial charge in [-0.2, -0.15) is 0 Å². The third-order valence-electron chi connectivity index (χ3n) is 6.65. The fourth-order valence-corrected chi connectivity index (χ4v) is 5.25. The first-order valence-electron chi connectivity index (χ1n) is 13.6. The van der Waals surface area contributed by atoms with Crippen LogP contribution in [-0.2, 0) is 32.6 Å². The molecule has 0 aliphatic heterocycles. The summed E-state index contributed by atoms with van der Waals surface area (Å²) in [6.45, 7) is 5.79. The minimum atomic E-state index is -3.85. The van der Waals surface area contributed by atoms with Gasteiger partial charge in [0.2, 0.25) is 21.8 Å². The van der Waals surface area contributed by atoms with Crippen molar-refractivity contribution in [2.75, 3.05) is 23.7 Å². The maximum Gasteiger partial charge on any atom is 0.244 e. The molecular formula is C31H38ClN3O5S. The summed E-state index contributed by atoms with van der Waals surface area (Å²) in [4.78, 5) is 29.2. The lowest BCUT2D eigenvalue weighted by atomic mass is 10.0. The normalized spacial score (nSPS) is 12.7. The number of amides is 2. The van der Waals surface area contributed by atoms with Gasteiger partial charge in [0.05, 0.1) is 18.6 Å². The topological polar surface area (TPSA) is 96.0 Å². The first-order valence-corrected chi connectivity index (χ1v) is 15.8. The molecule has 3 rings (SSSR count). The van der Waals surface area contributed by atoms with E-state index in [-0.39, 0.29) is 24.9 Å². The SMILES string of the molecule is CCOc1ccc(N(CC(=O)N(Cc2ccc(Cl)cc2)[C@H](Cc2ccccc2)C(=O)N[C@H](C)CC)S(C)(=O)=O)cc1. The number of hydrogen-bond acceptors (Lipinski definition) is 5. The van der Waals surface area contributed by atoms with Gasteiger partial charge in [-0.05, 0) is 67.8 Å². The lowest BCUT2D eigenvalue weighted by molar-refractivity contribution is -0.140. The van der Waals surface area contributed by atoms with Crippen LogP contribution in [0.15, 0.2) is 78.9 Å². The predicted octanol–water partition coefficient (Wildman–Crippen LogP) is 5.06. The Balaban J connectivity index is 2.03. The number of benzene rings is 3. The summed E-state index contributed by atoms with van der Waals surface area (Å²) in [5.41, 5.74) is 1.95. The zero-order valence-electron chi connectivity index (χ0n) is 23.9. The second-order valence-corrected chi connectivity index (χ2v) is 12.2. The minimum Gasteiger partial charge on any atom is -0.494 e. The van der Waals surface area contributed by atoms with Crippen molar-refractivity contribution in [1.82, 2.24) is 10.2 Å². The summed E-state index contributed by atoms with van der Waals surface area (Å²) < 4.78 is 32.3. The number of nitrogens with zero attached hydrogens (tertiary/aromatic N) is 2. The van der Waals surface area contributed by atoms with Crippen molar-refractivity contribution in [2.24, 2.45) is 0 Å². The van der Waals surface area contributed by atoms with Crippen LogP contribution in [-0.4, -0.2) is 56.6 Å². The number of rotatable bonds is 14. The maximum atomic E-state index is 14.1. The van der Waals surface area contributed by atoms with E-state index >= 15 is 0 Å². The highest BCUT2D eigenvalue weighted by molar-refractivity contribution is 7.92. The van der Waals surface area contributed by atoms with Gasteiger partial charge in [-0.3, -0.25) is 13.9 Å². The molecule has 0 spiro atoms. The van der Waals surface area contributed by atoms with E-state index in [0.717, 1.165) is 21.7 Å². The molecule has 41 heavy (non-hydrogen) atoms. The molecule has 2 amide bonds. The van der Waals surface area contributed by atoms with Crippen LogP contribution < -0.4 is 14.4 Å². The maximum absolute atomic E-state index is 14.1. The molecule has 2 atom stereocenters. The van der Waals surface area contributed by atoms with E-state index in [2.05, 4.69) is 5.32 Å². The molecule has 0 bridgehead atoms. The molecule has 0 saturated carbocycles. The van der Waals surface area contributed by atoms with Crippen LogP contribution in [0.3, 0.4) is 0 Å². The molecule has 10 heteroatoms. The minimum absolute atomic E-state index is 0.0856. The highest BCUT2D eigenvalue weighted by atomic mass is 35.5. The van der Waals surface area contributed by atoms with Crippen LogP contribution in [0.1, 0.15) is 38.3 Å². The van der Waals surface area contributed by atoms with Crippen molar-refractivity contribution >= 4 is 39.1 Å². The second-order valence-electron chi connectivity index (χ2n) is 9.87. The van der Waals surface area contributed by atoms with Crippen molar-refractivity contribution in [2.45, 2.75) is 52.2 Å². The molecule has 0 aliphatic carbocycles. The van der Waals surface area contributed by atoms with Crippen LogP contribution in [0, 0.1) is 0 Å². The van der Waals surface area contributed by atoms with Gasteiger partial charge in [-0.25, -0.2) is 8.42 Å². The Hall–Kier alpha value is -3.56. The predicted molar refractivity (Wildman–Crippen MR) is 164 cm³/mol. The third-order valence-corrected chi connectivity index (χ3v) is 8.05. The molecule has 220 valence electrons. The number of sulfonamides is 1. The molecule has 0 heterocycles. The number of nitrogens with one attached hydrogen (secondary N) is 1. The highest BCUT2D eigenvalue weighted by Gasteiger charge is 2.33. The number of carbonyl (C=O) groups is 2. The largest absolute Gasteiger partial charge is 0.494 e. The molecule has 0 fully saturated rings. The van der Waals surface area contributed by atoms with Gasteiger partial charge in [-0.15, -0.1) is 0 Å². The Morgan fingerprint density at radius 2 is 1.56 bits per heavy atom. The first kappa shape index (κ1) is 32.0. The van der Waals surface area contributed by atoms with Crippen molar-refractivity contribution in [3.8, 4) is 5.75 Å². The third kappa shape index (κ3) is 9.50. The summed E-state index contributed by atoms with van der Waals surface area (Å²) in [5.74, 6) is -0.234. The Labute approximate surface area is 248 Å². The lowest BCUT2D eigenvalue weighted by Crippen LogP contribution is -2.54. The van der Waals surface area contributed by atoms with Gasteiger partial charge in [0.1, 0.15) is 18.3 Å². The van der Waals surface area contributed by atoms with Crippen LogP contribution in [0.25, 0.3) is 0 Å². The standard InChI is InChI=1S/C31H38ClN3O5S/c1-5-23(3)33-31(37)29(20-24-10-8-7-9-11-24)34(21-25-12-14-26(32)15-13-25)30(36)22-35(41(4,38)39)27-16-18-28(19-17-27)40-6-2/h7-19,23,29H,5-6,20-22H2,1-4H3,(H,33,37)/t23-,29-/m1/s1. The average Bonchev–Trinajstić information content (AvgIpc) is 2.95. The zero-order valence-corrected chi connectivity index (χ0v) is 25.5. The van der Waals surface area contributed by atoms with E-state index < -0.39 is 28.5 Å². The monoisotopic (exact) mass is 599 g/mol. The molecule has 0 aromatic heterocycles. The fraction of sp³-hybridized carbons (Fsp3) is 0.355. The van der Waals surface area contributed by atoms with Crippen molar-refractivity contribution in [3.05, 3.63) is 95.0 Å². The van der Waals surface area contributed by atoms with Gasteiger partial charge in [0.15, 0.2) is 0 Å². The van der Waals surface area contributed by atoms with E-state index in [4.69, 9.17) is 16.3 Å². The van der Waals surface area contributed by atoms with Crippen LogP contribution in [0.4, 0.5) is 5.69 Å². The number of hydrogen-bond donors (Lipinski definition) is 1. The molecule has 1 N–H and O–H groups in total. The fourth-order valence-electron chi connectivity index (χ4n) is 4.27. The van der Waals surface area contributed by atoms with E-state index in [9.17, 15) is 18.0 Å². The molecule has 3 aromatic carbocycles. The smallest absolute Gasteiger partial charge is 0.244 e. The van der Waals surface area contributed by atoms with Crippen LogP contribution in [0.5, 0.6) is 5.75 Å². The quantitative estimate of drug-likeness (QED) is 0.279. The average molecular weight is 600 g/mol. The van der Waals surface area contributed by atoms with Gasteiger partial charge in [0, 0.05) is 24.0 Å². The second kappa shape index (κ2) is 14.9. The molecule has 3 aromatic rings. The summed E-state index contributed by atoms with van der Waals surface area (Å²) in [6.07, 6.45) is 2.02. The van der Waals surface area contributed by atoms with Gasteiger partial charge in [-0.1, -0.05) is 61.0 Å². The zero-order chi connectivity index (χ0) is 30.0. The molecule has 0 aliphatic rings. The van der Waals surface area contributed by atoms with E-state index in [0.29, 0.717) is 29.5 Å². The summed E-state index contributed by atoms with van der Waals surface area (Å²) in [7, 11) is -3.85. The Morgan fingerprint density at radius 1 is 0.927 bits per heavy atom. The summed E-state index contributed by atoms with van der Waals surface area (Å²) in [6, 6.07) is 22.0. The lowest BCUT2D eigenvalue weighted by Gasteiger charge is -2.34. The summed E-state index contributed by atoms with van der Waals surface area (Å²) >= 11 is 6.10. The number of carbonyl (C=O) groups excluding carboxylic acids is 2. The summed E-state index contributed by atoms with van der Waals surface area (Å²) in [5, 5.41) is 3.56. The van der Waals surface area contributed by atoms with Crippen molar-refractivity contribution in [1.29, 1.82) is 0 Å². The van der Waals surface area contributed by atoms with Crippen molar-refractivity contribution in [3.63, 3.8) is 0 Å². The van der Waals surface area contributed by atoms with E-state index in [1.165, 1.54) is 4.90 Å². The van der Waals surface area contributed by atoms with Gasteiger partial charge < -0.3 is 15.0 Å². The molecular weight excluding hydrogens is 562 g/mol. The number of halogens is 1. The Morgan fingerprint density at radius 3 is 2.12 bits per heavy atom. The van der Waals surface area contributed by atoms with E-state index in [1.807, 2.05) is 51.1 Å². The van der Waals surface area contributed by atoms with Crippen molar-refractivity contribution < 1.29 is 22.7 Å². The highest BCUT2D eigenvalue weighted by Crippen LogP contribution is 2.23. The Bertz CT molecular complexity index is 1380. The Kier molecular flexibility index (Phi) is 11.6. The van der Waals surface area contributed by atoms with Crippen LogP contribution >= 0.6 is 11.6 Å².